The predicted molar refractivity (Wildman–Crippen MR) is 119 cm³/mol. The third-order valence-corrected chi connectivity index (χ3v) is 7.33. The van der Waals surface area contributed by atoms with Crippen LogP contribution in [-0.2, 0) is 25.7 Å². The highest BCUT2D eigenvalue weighted by atomic mass is 32.2. The van der Waals surface area contributed by atoms with Crippen molar-refractivity contribution in [2.24, 2.45) is 5.73 Å². The molecule has 0 spiro atoms. The molecule has 2 aliphatic rings. The molecular weight excluding hydrogens is 430 g/mol. The Labute approximate surface area is 190 Å². The average molecular weight is 456 g/mol. The van der Waals surface area contributed by atoms with E-state index in [0.717, 1.165) is 5.56 Å². The van der Waals surface area contributed by atoms with E-state index in [1.807, 2.05) is 36.4 Å². The molecule has 3 N–H and O–H groups in total. The van der Waals surface area contributed by atoms with Crippen LogP contribution in [0.25, 0.3) is 0 Å². The Balaban J connectivity index is 1.39. The maximum atomic E-state index is 13.0. The summed E-state index contributed by atoms with van der Waals surface area (Å²) in [6, 6.07) is 17.4. The Hall–Kier alpha value is -3.04. The van der Waals surface area contributed by atoms with E-state index in [1.54, 1.807) is 38.1 Å². The molecule has 2 aromatic rings. The normalized spacial score (nSPS) is 25.5. The summed E-state index contributed by atoms with van der Waals surface area (Å²) < 4.78 is 10.1. The Bertz CT molecular complexity index is 1020. The molecule has 32 heavy (non-hydrogen) atoms. The molecule has 2 heterocycles. The van der Waals surface area contributed by atoms with Crippen molar-refractivity contribution in [3.8, 4) is 5.75 Å². The third kappa shape index (κ3) is 3.82. The summed E-state index contributed by atoms with van der Waals surface area (Å²) in [6.07, 6.45) is 0. The minimum atomic E-state index is -1.64. The summed E-state index contributed by atoms with van der Waals surface area (Å²) >= 11 is 1.37. The predicted octanol–water partition coefficient (Wildman–Crippen LogP) is 1.64. The van der Waals surface area contributed by atoms with Gasteiger partial charge in [-0.2, -0.15) is 0 Å². The van der Waals surface area contributed by atoms with E-state index in [2.05, 4.69) is 5.32 Å². The summed E-state index contributed by atoms with van der Waals surface area (Å²) in [4.78, 5) is 39.6. The molecule has 2 saturated heterocycles. The van der Waals surface area contributed by atoms with Crippen LogP contribution in [0.5, 0.6) is 5.75 Å². The van der Waals surface area contributed by atoms with Crippen LogP contribution >= 0.6 is 11.8 Å². The lowest BCUT2D eigenvalue weighted by Gasteiger charge is -2.48. The molecular formula is C23H25N3O5S. The van der Waals surface area contributed by atoms with Gasteiger partial charge in [-0.1, -0.05) is 48.5 Å². The number of fused-ring (bicyclic) bond motifs is 1. The minimum absolute atomic E-state index is 0.0586. The molecule has 0 radical (unpaired) electrons. The Morgan fingerprint density at radius 2 is 1.72 bits per heavy atom. The van der Waals surface area contributed by atoms with E-state index in [1.165, 1.54) is 16.7 Å². The summed E-state index contributed by atoms with van der Waals surface area (Å²) in [5.74, 6) is -0.957. The molecule has 0 aromatic heterocycles. The van der Waals surface area contributed by atoms with Crippen molar-refractivity contribution < 1.29 is 23.9 Å². The molecule has 2 fully saturated rings. The zero-order valence-corrected chi connectivity index (χ0v) is 18.6. The van der Waals surface area contributed by atoms with Crippen molar-refractivity contribution in [1.82, 2.24) is 10.2 Å². The van der Waals surface area contributed by atoms with Crippen molar-refractivity contribution in [2.45, 2.75) is 42.3 Å². The third-order valence-electron chi connectivity index (χ3n) is 5.71. The first-order valence-corrected chi connectivity index (χ1v) is 11.1. The fourth-order valence-corrected chi connectivity index (χ4v) is 5.49. The van der Waals surface area contributed by atoms with E-state index in [4.69, 9.17) is 15.2 Å². The lowest BCUT2D eigenvalue weighted by atomic mass is 9.89. The number of ether oxygens (including phenoxy) is 2. The number of hydrogen-bond donors (Lipinski definition) is 2. The first kappa shape index (κ1) is 22.2. The standard InChI is InChI=1S/C23H25N3O5S/c1-22(2)23(24,21(29)31-13-15-9-5-3-6-10-15)26-19(28)18(20(26)32-22)25-17(27)14-30-16-11-7-4-8-12-16/h3-12,18,20H,13-14,24H2,1-2H3,(H,25,27)/t18-,20+,23-/m0/s1. The van der Waals surface area contributed by atoms with Crippen molar-refractivity contribution in [3.63, 3.8) is 0 Å². The molecule has 0 bridgehead atoms. The number of rotatable bonds is 7. The molecule has 2 aliphatic heterocycles. The number of benzene rings is 2. The number of esters is 1. The molecule has 9 heteroatoms. The van der Waals surface area contributed by atoms with Gasteiger partial charge in [-0.15, -0.1) is 11.8 Å². The van der Waals surface area contributed by atoms with E-state index in [0.29, 0.717) is 5.75 Å². The van der Waals surface area contributed by atoms with Crippen molar-refractivity contribution >= 4 is 29.5 Å². The number of amides is 2. The number of nitrogens with two attached hydrogens (primary N) is 1. The van der Waals surface area contributed by atoms with Gasteiger partial charge in [0.15, 0.2) is 6.61 Å². The van der Waals surface area contributed by atoms with Crippen molar-refractivity contribution in [1.29, 1.82) is 0 Å². The van der Waals surface area contributed by atoms with Gasteiger partial charge in [-0.05, 0) is 31.5 Å². The summed E-state index contributed by atoms with van der Waals surface area (Å²) in [7, 11) is 0. The van der Waals surface area contributed by atoms with E-state index in [9.17, 15) is 14.4 Å². The van der Waals surface area contributed by atoms with E-state index in [-0.39, 0.29) is 13.2 Å². The Morgan fingerprint density at radius 3 is 2.38 bits per heavy atom. The Kier molecular flexibility index (Phi) is 5.87. The number of hydrogen-bond acceptors (Lipinski definition) is 7. The molecule has 168 valence electrons. The van der Waals surface area contributed by atoms with Gasteiger partial charge >= 0.3 is 5.97 Å². The van der Waals surface area contributed by atoms with Crippen LogP contribution in [0.3, 0.4) is 0 Å². The van der Waals surface area contributed by atoms with Crippen LogP contribution < -0.4 is 15.8 Å². The summed E-state index contributed by atoms with van der Waals surface area (Å²) in [5, 5.41) is 2.23. The van der Waals surface area contributed by atoms with Gasteiger partial charge < -0.3 is 14.8 Å². The van der Waals surface area contributed by atoms with E-state index < -0.39 is 39.6 Å². The zero-order valence-electron chi connectivity index (χ0n) is 17.8. The monoisotopic (exact) mass is 455 g/mol. The van der Waals surface area contributed by atoms with Gasteiger partial charge in [-0.3, -0.25) is 20.2 Å². The van der Waals surface area contributed by atoms with Gasteiger partial charge in [0, 0.05) is 0 Å². The fourth-order valence-electron chi connectivity index (χ4n) is 3.83. The molecule has 2 aromatic carbocycles. The highest BCUT2D eigenvalue weighted by molar-refractivity contribution is 8.01. The second-order valence-corrected chi connectivity index (χ2v) is 9.94. The Morgan fingerprint density at radius 1 is 1.09 bits per heavy atom. The molecule has 0 saturated carbocycles. The lowest BCUT2D eigenvalue weighted by molar-refractivity contribution is -0.176. The SMILES string of the molecule is CC1(C)S[C@@H]2[C@@H](NC(=O)COc3ccccc3)C(=O)N2[C@@]1(N)C(=O)OCc1ccccc1. The molecule has 0 unspecified atom stereocenters. The average Bonchev–Trinajstić information content (AvgIpc) is 2.99. The highest BCUT2D eigenvalue weighted by Crippen LogP contribution is 2.54. The summed E-state index contributed by atoms with van der Waals surface area (Å²) in [6.45, 7) is 3.43. The largest absolute Gasteiger partial charge is 0.484 e. The topological polar surface area (TPSA) is 111 Å². The molecule has 0 aliphatic carbocycles. The van der Waals surface area contributed by atoms with Crippen LogP contribution in [0.1, 0.15) is 19.4 Å². The van der Waals surface area contributed by atoms with Crippen molar-refractivity contribution in [3.05, 3.63) is 66.2 Å². The minimum Gasteiger partial charge on any atom is -0.484 e. The van der Waals surface area contributed by atoms with Crippen LogP contribution in [0.15, 0.2) is 60.7 Å². The van der Waals surface area contributed by atoms with Crippen LogP contribution in [-0.4, -0.2) is 51.1 Å². The van der Waals surface area contributed by atoms with Gasteiger partial charge in [0.2, 0.25) is 5.66 Å². The van der Waals surface area contributed by atoms with Gasteiger partial charge in [-0.25, -0.2) is 4.79 Å². The zero-order chi connectivity index (χ0) is 22.9. The van der Waals surface area contributed by atoms with Crippen LogP contribution in [0.2, 0.25) is 0 Å². The first-order valence-electron chi connectivity index (χ1n) is 10.2. The van der Waals surface area contributed by atoms with Crippen molar-refractivity contribution in [2.75, 3.05) is 6.61 Å². The maximum Gasteiger partial charge on any atom is 0.349 e. The van der Waals surface area contributed by atoms with Crippen LogP contribution in [0.4, 0.5) is 0 Å². The molecule has 4 rings (SSSR count). The second-order valence-electron chi connectivity index (χ2n) is 8.20. The summed E-state index contributed by atoms with van der Waals surface area (Å²) in [5.41, 5.74) is 5.70. The van der Waals surface area contributed by atoms with Gasteiger partial charge in [0.25, 0.3) is 11.8 Å². The fraction of sp³-hybridized carbons (Fsp3) is 0.348. The quantitative estimate of drug-likeness (QED) is 0.482. The number of nitrogens with one attached hydrogen (secondary N) is 1. The highest BCUT2D eigenvalue weighted by Gasteiger charge is 2.72. The van der Waals surface area contributed by atoms with Crippen LogP contribution in [0, 0.1) is 0 Å². The van der Waals surface area contributed by atoms with Gasteiger partial charge in [0.05, 0.1) is 4.75 Å². The number of β-lactam (4-membered cyclic amide) rings is 1. The number of para-hydroxylation sites is 1. The molecule has 3 atom stereocenters. The molecule has 2 amide bonds. The first-order chi connectivity index (χ1) is 15.2. The molecule has 8 nitrogen and oxygen atoms in total. The number of carbonyl (C=O) groups is 3. The van der Waals surface area contributed by atoms with Gasteiger partial charge in [0.1, 0.15) is 23.8 Å². The number of nitrogens with zero attached hydrogens (tertiary/aromatic N) is 1. The number of thioether (sulfide) groups is 1. The second kappa shape index (κ2) is 8.48. The maximum absolute atomic E-state index is 13.0. The van der Waals surface area contributed by atoms with E-state index >= 15 is 0 Å². The smallest absolute Gasteiger partial charge is 0.349 e. The lowest BCUT2D eigenvalue weighted by Crippen LogP contribution is -2.79. The number of carbonyl (C=O) groups excluding carboxylic acids is 3.